The maximum absolute atomic E-state index is 8.86. The molecular formula is C14H9ClN5+. The predicted octanol–water partition coefficient (Wildman–Crippen LogP) is 4.51. The number of rotatable bonds is 2. The molecule has 0 unspecified atom stereocenters. The molecule has 1 aromatic heterocycles. The zero-order valence-electron chi connectivity index (χ0n) is 10.3. The number of fused-ring (bicyclic) bond motifs is 1. The molecule has 0 fully saturated rings. The van der Waals surface area contributed by atoms with E-state index in [0.29, 0.717) is 16.5 Å². The first kappa shape index (κ1) is 12.3. The third-order valence-corrected chi connectivity index (χ3v) is 3.06. The monoisotopic (exact) mass is 282 g/mol. The number of hydrogen-bond acceptors (Lipinski definition) is 4. The fourth-order valence-electron chi connectivity index (χ4n) is 1.91. The molecule has 0 aliphatic heterocycles. The lowest BCUT2D eigenvalue weighted by atomic mass is 10.2. The molecule has 0 bridgehead atoms. The van der Waals surface area contributed by atoms with Crippen molar-refractivity contribution in [3.05, 3.63) is 58.8 Å². The number of benzene rings is 2. The highest BCUT2D eigenvalue weighted by Crippen LogP contribution is 2.27. The molecule has 0 saturated carbocycles. The Bertz CT molecular complexity index is 825. The lowest BCUT2D eigenvalue weighted by Crippen LogP contribution is -1.95. The van der Waals surface area contributed by atoms with Gasteiger partial charge in [0.25, 0.3) is 0 Å². The summed E-state index contributed by atoms with van der Waals surface area (Å²) in [5, 5.41) is 13.4. The van der Waals surface area contributed by atoms with Crippen molar-refractivity contribution in [1.29, 1.82) is 5.39 Å². The Kier molecular flexibility index (Phi) is 3.15. The molecule has 3 aromatic rings. The minimum absolute atomic E-state index is 0.446. The number of halogens is 1. The first-order valence-corrected chi connectivity index (χ1v) is 6.26. The maximum Gasteiger partial charge on any atom is 0.385 e. The first-order chi connectivity index (χ1) is 9.76. The van der Waals surface area contributed by atoms with Gasteiger partial charge in [0.2, 0.25) is 5.39 Å². The molecule has 0 amide bonds. The molecule has 0 saturated heterocycles. The predicted molar refractivity (Wildman–Crippen MR) is 79.0 cm³/mol. The van der Waals surface area contributed by atoms with Gasteiger partial charge < -0.3 is 5.32 Å². The van der Waals surface area contributed by atoms with E-state index in [1.807, 2.05) is 12.1 Å². The second kappa shape index (κ2) is 5.11. The molecule has 6 heteroatoms. The fraction of sp³-hybridized carbons (Fsp3) is 0. The summed E-state index contributed by atoms with van der Waals surface area (Å²) in [5.74, 6) is 0.628. The van der Waals surface area contributed by atoms with E-state index in [-0.39, 0.29) is 0 Å². The number of anilines is 2. The highest BCUT2D eigenvalue weighted by Gasteiger charge is 2.10. The molecule has 0 spiro atoms. The number of nitrogens with zero attached hydrogens (tertiary/aromatic N) is 4. The minimum Gasteiger partial charge on any atom is -0.340 e. The standard InChI is InChI=1S/C14H9ClN5/c15-9-2-1-3-10(6-9)19-14-12-7-11(20-16)4-5-13(12)17-8-18-14/h1-8H,(H,17,18,19)/q+1. The Morgan fingerprint density at radius 2 is 2.00 bits per heavy atom. The highest BCUT2D eigenvalue weighted by molar-refractivity contribution is 6.30. The molecule has 0 aliphatic rings. The van der Waals surface area contributed by atoms with Gasteiger partial charge in [0.15, 0.2) is 4.98 Å². The molecule has 1 N–H and O–H groups in total. The Morgan fingerprint density at radius 3 is 2.80 bits per heavy atom. The fourth-order valence-corrected chi connectivity index (χ4v) is 2.10. The quantitative estimate of drug-likeness (QED) is 0.702. The van der Waals surface area contributed by atoms with Gasteiger partial charge >= 0.3 is 5.69 Å². The van der Waals surface area contributed by atoms with Gasteiger partial charge in [-0.25, -0.2) is 9.97 Å². The molecular weight excluding hydrogens is 274 g/mol. The molecule has 5 nitrogen and oxygen atoms in total. The third kappa shape index (κ3) is 2.37. The van der Waals surface area contributed by atoms with E-state index in [2.05, 4.69) is 20.3 Å². The maximum atomic E-state index is 8.86. The van der Waals surface area contributed by atoms with E-state index < -0.39 is 0 Å². The normalized spacial score (nSPS) is 10.2. The lowest BCUT2D eigenvalue weighted by molar-refractivity contribution is 1.22. The first-order valence-electron chi connectivity index (χ1n) is 5.89. The van der Waals surface area contributed by atoms with Crippen molar-refractivity contribution < 1.29 is 0 Å². The van der Waals surface area contributed by atoms with Gasteiger partial charge in [-0.1, -0.05) is 17.7 Å². The summed E-state index contributed by atoms with van der Waals surface area (Å²) < 4.78 is 0. The van der Waals surface area contributed by atoms with Crippen molar-refractivity contribution in [1.82, 2.24) is 9.97 Å². The number of nitrogens with one attached hydrogen (secondary N) is 1. The minimum atomic E-state index is 0.446. The van der Waals surface area contributed by atoms with E-state index in [1.54, 1.807) is 30.3 Å². The summed E-state index contributed by atoms with van der Waals surface area (Å²) in [6.07, 6.45) is 1.48. The Labute approximate surface area is 119 Å². The van der Waals surface area contributed by atoms with E-state index in [0.717, 1.165) is 16.6 Å². The zero-order valence-corrected chi connectivity index (χ0v) is 11.0. The summed E-state index contributed by atoms with van der Waals surface area (Å²) in [6.45, 7) is 0. The summed E-state index contributed by atoms with van der Waals surface area (Å²) in [5.41, 5.74) is 2.03. The Balaban J connectivity index is 2.09. The molecule has 0 atom stereocenters. The van der Waals surface area contributed by atoms with Crippen molar-refractivity contribution in [2.45, 2.75) is 0 Å². The molecule has 20 heavy (non-hydrogen) atoms. The van der Waals surface area contributed by atoms with Crippen LogP contribution in [0.1, 0.15) is 0 Å². The smallest absolute Gasteiger partial charge is 0.340 e. The topological polar surface area (TPSA) is 66.0 Å². The van der Waals surface area contributed by atoms with E-state index in [9.17, 15) is 0 Å². The number of hydrogen-bond donors (Lipinski definition) is 1. The third-order valence-electron chi connectivity index (χ3n) is 2.82. The van der Waals surface area contributed by atoms with Gasteiger partial charge in [-0.05, 0) is 24.3 Å². The average Bonchev–Trinajstić information content (AvgIpc) is 2.47. The SMILES string of the molecule is N#[N+]c1ccc2ncnc(Nc3cccc(Cl)c3)c2c1. The summed E-state index contributed by atoms with van der Waals surface area (Å²) in [6, 6.07) is 12.5. The van der Waals surface area contributed by atoms with Gasteiger partial charge in [0.1, 0.15) is 12.1 Å². The van der Waals surface area contributed by atoms with Crippen LogP contribution in [0.4, 0.5) is 17.2 Å². The molecule has 1 heterocycles. The lowest BCUT2D eigenvalue weighted by Gasteiger charge is -2.07. The van der Waals surface area contributed by atoms with Crippen LogP contribution in [0.2, 0.25) is 5.02 Å². The van der Waals surface area contributed by atoms with Gasteiger partial charge in [-0.2, -0.15) is 0 Å². The van der Waals surface area contributed by atoms with Crippen LogP contribution in [0.5, 0.6) is 0 Å². The molecule has 2 aromatic carbocycles. The van der Waals surface area contributed by atoms with Crippen molar-refractivity contribution in [2.75, 3.05) is 5.32 Å². The van der Waals surface area contributed by atoms with Crippen LogP contribution in [-0.2, 0) is 0 Å². The van der Waals surface area contributed by atoms with E-state index in [1.165, 1.54) is 6.33 Å². The van der Waals surface area contributed by atoms with Crippen LogP contribution < -0.4 is 5.32 Å². The molecule has 3 rings (SSSR count). The Morgan fingerprint density at radius 1 is 1.10 bits per heavy atom. The van der Waals surface area contributed by atoms with Crippen LogP contribution in [-0.4, -0.2) is 9.97 Å². The van der Waals surface area contributed by atoms with Crippen molar-refractivity contribution in [3.63, 3.8) is 0 Å². The Hall–Kier alpha value is -2.71. The summed E-state index contributed by atoms with van der Waals surface area (Å²) >= 11 is 5.96. The number of diazo groups is 1. The average molecular weight is 283 g/mol. The van der Waals surface area contributed by atoms with Gasteiger partial charge in [0.05, 0.1) is 10.9 Å². The summed E-state index contributed by atoms with van der Waals surface area (Å²) in [7, 11) is 0. The zero-order chi connectivity index (χ0) is 13.9. The molecule has 0 aliphatic carbocycles. The van der Waals surface area contributed by atoms with E-state index in [4.69, 9.17) is 17.0 Å². The van der Waals surface area contributed by atoms with Crippen LogP contribution in [0.25, 0.3) is 15.9 Å². The van der Waals surface area contributed by atoms with Crippen molar-refractivity contribution in [2.24, 2.45) is 0 Å². The van der Waals surface area contributed by atoms with Gasteiger partial charge in [-0.3, -0.25) is 0 Å². The second-order valence-corrected chi connectivity index (χ2v) is 4.60. The molecule has 0 radical (unpaired) electrons. The van der Waals surface area contributed by atoms with Crippen molar-refractivity contribution >= 4 is 39.7 Å². The van der Waals surface area contributed by atoms with Crippen LogP contribution in [0.3, 0.4) is 0 Å². The molecule has 96 valence electrons. The van der Waals surface area contributed by atoms with Crippen molar-refractivity contribution in [3.8, 4) is 0 Å². The van der Waals surface area contributed by atoms with E-state index >= 15 is 0 Å². The van der Waals surface area contributed by atoms with Gasteiger partial charge in [-0.15, -0.1) is 0 Å². The number of aromatic nitrogens is 2. The van der Waals surface area contributed by atoms with Crippen LogP contribution in [0, 0.1) is 5.39 Å². The summed E-state index contributed by atoms with van der Waals surface area (Å²) in [4.78, 5) is 11.6. The second-order valence-electron chi connectivity index (χ2n) is 4.16. The van der Waals surface area contributed by atoms with Crippen LogP contribution >= 0.6 is 11.6 Å². The highest BCUT2D eigenvalue weighted by atomic mass is 35.5. The van der Waals surface area contributed by atoms with Crippen LogP contribution in [0.15, 0.2) is 48.8 Å². The van der Waals surface area contributed by atoms with Gasteiger partial charge in [0, 0.05) is 22.8 Å². The largest absolute Gasteiger partial charge is 0.385 e.